The molecule has 0 fully saturated rings. The second-order valence-electron chi connectivity index (χ2n) is 7.83. The number of allylic oxidation sites excluding steroid dienone is 1. The zero-order valence-corrected chi connectivity index (χ0v) is 15.9. The van der Waals surface area contributed by atoms with Gasteiger partial charge in [0.2, 0.25) is 5.91 Å². The number of anilines is 1. The molecular formula is C20H32N2O2. The van der Waals surface area contributed by atoms with Crippen LogP contribution in [0.15, 0.2) is 35.9 Å². The second kappa shape index (κ2) is 8.76. The smallest absolute Gasteiger partial charge is 0.222 e. The van der Waals surface area contributed by atoms with Crippen LogP contribution in [0.1, 0.15) is 41.5 Å². The Balaban J connectivity index is 2.85. The molecule has 4 heteroatoms. The Morgan fingerprint density at radius 2 is 1.83 bits per heavy atom. The first-order chi connectivity index (χ1) is 11.1. The van der Waals surface area contributed by atoms with Gasteiger partial charge in [0.25, 0.3) is 0 Å². The lowest BCUT2D eigenvalue weighted by Crippen LogP contribution is -2.35. The Kier molecular flexibility index (Phi) is 7.33. The first-order valence-electron chi connectivity index (χ1n) is 8.49. The summed E-state index contributed by atoms with van der Waals surface area (Å²) in [6.45, 7) is 14.5. The van der Waals surface area contributed by atoms with Crippen molar-refractivity contribution >= 4 is 11.6 Å². The lowest BCUT2D eigenvalue weighted by Gasteiger charge is -2.26. The molecule has 1 aromatic carbocycles. The SMILES string of the molecule is CC(C)=CCN(CC(C)C(N)=O)c1ccc(OCC(C)(C)C)cc1. The van der Waals surface area contributed by atoms with Crippen LogP contribution in [0.25, 0.3) is 0 Å². The lowest BCUT2D eigenvalue weighted by molar-refractivity contribution is -0.121. The molecule has 24 heavy (non-hydrogen) atoms. The molecule has 0 aromatic heterocycles. The summed E-state index contributed by atoms with van der Waals surface area (Å²) < 4.78 is 5.82. The van der Waals surface area contributed by atoms with Crippen molar-refractivity contribution in [1.29, 1.82) is 0 Å². The molecule has 0 saturated heterocycles. The Morgan fingerprint density at radius 3 is 2.29 bits per heavy atom. The van der Waals surface area contributed by atoms with Gasteiger partial charge in [0.05, 0.1) is 12.5 Å². The Bertz CT molecular complexity index is 552. The molecule has 0 aliphatic rings. The topological polar surface area (TPSA) is 55.6 Å². The molecular weight excluding hydrogens is 300 g/mol. The van der Waals surface area contributed by atoms with Crippen LogP contribution in [-0.4, -0.2) is 25.6 Å². The summed E-state index contributed by atoms with van der Waals surface area (Å²) in [5.74, 6) is 0.383. The summed E-state index contributed by atoms with van der Waals surface area (Å²) in [4.78, 5) is 13.6. The monoisotopic (exact) mass is 332 g/mol. The molecule has 0 spiro atoms. The quantitative estimate of drug-likeness (QED) is 0.732. The fourth-order valence-electron chi connectivity index (χ4n) is 2.05. The van der Waals surface area contributed by atoms with Gasteiger partial charge in [0, 0.05) is 18.8 Å². The van der Waals surface area contributed by atoms with E-state index in [2.05, 4.69) is 45.6 Å². The number of amides is 1. The number of hydrogen-bond donors (Lipinski definition) is 1. The number of ether oxygens (including phenoxy) is 1. The number of benzene rings is 1. The van der Waals surface area contributed by atoms with Gasteiger partial charge in [-0.1, -0.05) is 39.3 Å². The fourth-order valence-corrected chi connectivity index (χ4v) is 2.05. The van der Waals surface area contributed by atoms with Gasteiger partial charge in [0.15, 0.2) is 0 Å². The van der Waals surface area contributed by atoms with E-state index in [1.54, 1.807) is 0 Å². The van der Waals surface area contributed by atoms with Gasteiger partial charge in [-0.25, -0.2) is 0 Å². The molecule has 134 valence electrons. The van der Waals surface area contributed by atoms with Gasteiger partial charge in [0.1, 0.15) is 5.75 Å². The molecule has 1 rings (SSSR count). The maximum absolute atomic E-state index is 11.4. The molecule has 0 radical (unpaired) electrons. The number of nitrogens with zero attached hydrogens (tertiary/aromatic N) is 1. The van der Waals surface area contributed by atoms with Gasteiger partial charge in [-0.15, -0.1) is 0 Å². The highest BCUT2D eigenvalue weighted by molar-refractivity contribution is 5.77. The van der Waals surface area contributed by atoms with E-state index in [9.17, 15) is 4.79 Å². The predicted molar refractivity (Wildman–Crippen MR) is 101 cm³/mol. The first kappa shape index (κ1) is 20.1. The highest BCUT2D eigenvalue weighted by Crippen LogP contribution is 2.23. The van der Waals surface area contributed by atoms with Gasteiger partial charge in [-0.3, -0.25) is 4.79 Å². The number of carbonyl (C=O) groups excluding carboxylic acids is 1. The van der Waals surface area contributed by atoms with Crippen molar-refractivity contribution in [2.45, 2.75) is 41.5 Å². The van der Waals surface area contributed by atoms with E-state index in [1.165, 1.54) is 5.57 Å². The molecule has 0 aliphatic heterocycles. The van der Waals surface area contributed by atoms with E-state index in [4.69, 9.17) is 10.5 Å². The Morgan fingerprint density at radius 1 is 1.25 bits per heavy atom. The van der Waals surface area contributed by atoms with Crippen LogP contribution in [-0.2, 0) is 4.79 Å². The van der Waals surface area contributed by atoms with Crippen molar-refractivity contribution in [3.8, 4) is 5.75 Å². The van der Waals surface area contributed by atoms with Gasteiger partial charge >= 0.3 is 0 Å². The minimum Gasteiger partial charge on any atom is -0.493 e. The molecule has 1 amide bonds. The third-order valence-corrected chi connectivity index (χ3v) is 3.57. The fraction of sp³-hybridized carbons (Fsp3) is 0.550. The summed E-state index contributed by atoms with van der Waals surface area (Å²) in [5, 5.41) is 0. The van der Waals surface area contributed by atoms with Crippen LogP contribution in [0.5, 0.6) is 5.75 Å². The van der Waals surface area contributed by atoms with E-state index in [1.807, 2.05) is 31.2 Å². The average molecular weight is 332 g/mol. The van der Waals surface area contributed by atoms with Crippen molar-refractivity contribution in [2.24, 2.45) is 17.1 Å². The minimum atomic E-state index is -0.276. The Hall–Kier alpha value is -1.97. The zero-order valence-electron chi connectivity index (χ0n) is 15.9. The van der Waals surface area contributed by atoms with Gasteiger partial charge in [-0.05, 0) is 43.5 Å². The van der Waals surface area contributed by atoms with Crippen molar-refractivity contribution in [2.75, 3.05) is 24.6 Å². The highest BCUT2D eigenvalue weighted by Gasteiger charge is 2.15. The van der Waals surface area contributed by atoms with Crippen LogP contribution < -0.4 is 15.4 Å². The number of carbonyl (C=O) groups is 1. The van der Waals surface area contributed by atoms with Crippen LogP contribution in [0, 0.1) is 11.3 Å². The molecule has 0 bridgehead atoms. The maximum atomic E-state index is 11.4. The molecule has 0 saturated carbocycles. The number of rotatable bonds is 8. The van der Waals surface area contributed by atoms with Gasteiger partial charge in [-0.2, -0.15) is 0 Å². The van der Waals surface area contributed by atoms with E-state index >= 15 is 0 Å². The molecule has 4 nitrogen and oxygen atoms in total. The molecule has 0 heterocycles. The maximum Gasteiger partial charge on any atom is 0.222 e. The largest absolute Gasteiger partial charge is 0.493 e. The molecule has 1 aromatic rings. The third-order valence-electron chi connectivity index (χ3n) is 3.57. The highest BCUT2D eigenvalue weighted by atomic mass is 16.5. The van der Waals surface area contributed by atoms with Crippen LogP contribution >= 0.6 is 0 Å². The van der Waals surface area contributed by atoms with Crippen LogP contribution in [0.4, 0.5) is 5.69 Å². The Labute approximate surface area is 146 Å². The second-order valence-corrected chi connectivity index (χ2v) is 7.83. The van der Waals surface area contributed by atoms with Crippen molar-refractivity contribution < 1.29 is 9.53 Å². The molecule has 2 N–H and O–H groups in total. The van der Waals surface area contributed by atoms with Crippen LogP contribution in [0.2, 0.25) is 0 Å². The normalized spacial score (nSPS) is 12.4. The van der Waals surface area contributed by atoms with Crippen molar-refractivity contribution in [3.05, 3.63) is 35.9 Å². The summed E-state index contributed by atoms with van der Waals surface area (Å²) >= 11 is 0. The number of nitrogens with two attached hydrogens (primary N) is 1. The lowest BCUT2D eigenvalue weighted by atomic mass is 9.99. The first-order valence-corrected chi connectivity index (χ1v) is 8.49. The third kappa shape index (κ3) is 7.53. The summed E-state index contributed by atoms with van der Waals surface area (Å²) in [7, 11) is 0. The minimum absolute atomic E-state index is 0.130. The summed E-state index contributed by atoms with van der Waals surface area (Å²) in [6, 6.07) is 8.02. The standard InChI is InChI=1S/C20H32N2O2/c1-15(2)11-12-22(13-16(3)19(21)23)17-7-9-18(10-8-17)24-14-20(4,5)6/h7-11,16H,12-14H2,1-6H3,(H2,21,23). The van der Waals surface area contributed by atoms with Crippen molar-refractivity contribution in [1.82, 2.24) is 0 Å². The van der Waals surface area contributed by atoms with Crippen molar-refractivity contribution in [3.63, 3.8) is 0 Å². The van der Waals surface area contributed by atoms with E-state index in [0.29, 0.717) is 13.2 Å². The molecule has 0 aliphatic carbocycles. The van der Waals surface area contributed by atoms with E-state index < -0.39 is 0 Å². The predicted octanol–water partition coefficient (Wildman–Crippen LogP) is 4.01. The molecule has 1 unspecified atom stereocenters. The average Bonchev–Trinajstić information content (AvgIpc) is 2.48. The molecule has 1 atom stereocenters. The summed E-state index contributed by atoms with van der Waals surface area (Å²) in [6.07, 6.45) is 2.15. The van der Waals surface area contributed by atoms with E-state index in [0.717, 1.165) is 18.0 Å². The number of primary amides is 1. The van der Waals surface area contributed by atoms with E-state index in [-0.39, 0.29) is 17.2 Å². The summed E-state index contributed by atoms with van der Waals surface area (Å²) in [5.41, 5.74) is 7.86. The number of hydrogen-bond acceptors (Lipinski definition) is 3. The van der Waals surface area contributed by atoms with Crippen LogP contribution in [0.3, 0.4) is 0 Å². The zero-order chi connectivity index (χ0) is 18.3. The van der Waals surface area contributed by atoms with Gasteiger partial charge < -0.3 is 15.4 Å².